The van der Waals surface area contributed by atoms with Gasteiger partial charge >= 0.3 is 11.9 Å². The van der Waals surface area contributed by atoms with E-state index in [1.54, 1.807) is 38.6 Å². The molecular weight excluding hydrogens is 436 g/mol. The van der Waals surface area contributed by atoms with Crippen molar-refractivity contribution in [3.63, 3.8) is 0 Å². The van der Waals surface area contributed by atoms with Crippen LogP contribution >= 0.6 is 11.8 Å². The van der Waals surface area contributed by atoms with Crippen molar-refractivity contribution in [1.29, 1.82) is 0 Å². The molecule has 0 aromatic heterocycles. The van der Waals surface area contributed by atoms with Gasteiger partial charge in [0.2, 0.25) is 0 Å². The zero-order valence-corrected chi connectivity index (χ0v) is 19.0. The van der Waals surface area contributed by atoms with Gasteiger partial charge in [0.1, 0.15) is 0 Å². The highest BCUT2D eigenvalue weighted by atomic mass is 32.2. The van der Waals surface area contributed by atoms with Crippen LogP contribution in [-0.2, 0) is 23.8 Å². The SMILES string of the molecule is CCOC(=O)C1=C(C)NC(CSCC2CO2)=C(C(=O)OCC)C1c1cccc([N+](=O)[O-])c1. The Bertz CT molecular complexity index is 969. The molecule has 2 aliphatic rings. The lowest BCUT2D eigenvalue weighted by molar-refractivity contribution is -0.384. The molecule has 1 aromatic carbocycles. The maximum absolute atomic E-state index is 13.1. The molecule has 2 unspecified atom stereocenters. The van der Waals surface area contributed by atoms with Crippen LogP contribution in [0.3, 0.4) is 0 Å². The van der Waals surface area contributed by atoms with Gasteiger partial charge in [0, 0.05) is 35.0 Å². The number of carbonyl (C=O) groups excluding carboxylic acids is 2. The first-order valence-electron chi connectivity index (χ1n) is 10.4. The van der Waals surface area contributed by atoms with E-state index < -0.39 is 22.8 Å². The normalized spacial score (nSPS) is 20.0. The van der Waals surface area contributed by atoms with Gasteiger partial charge in [-0.25, -0.2) is 9.59 Å². The molecule has 2 heterocycles. The predicted octanol–water partition coefficient (Wildman–Crippen LogP) is 3.07. The minimum absolute atomic E-state index is 0.132. The smallest absolute Gasteiger partial charge is 0.336 e. The molecule has 1 fully saturated rings. The number of benzene rings is 1. The summed E-state index contributed by atoms with van der Waals surface area (Å²) < 4.78 is 15.8. The Morgan fingerprint density at radius 3 is 2.47 bits per heavy atom. The molecule has 1 aromatic rings. The van der Waals surface area contributed by atoms with Gasteiger partial charge in [0.25, 0.3) is 5.69 Å². The maximum Gasteiger partial charge on any atom is 0.336 e. The highest BCUT2D eigenvalue weighted by Gasteiger charge is 2.39. The van der Waals surface area contributed by atoms with Crippen LogP contribution in [0.4, 0.5) is 5.69 Å². The van der Waals surface area contributed by atoms with Crippen LogP contribution in [-0.4, -0.2) is 54.3 Å². The molecule has 9 nitrogen and oxygen atoms in total. The number of dihydropyridines is 1. The van der Waals surface area contributed by atoms with E-state index in [-0.39, 0.29) is 36.2 Å². The van der Waals surface area contributed by atoms with Gasteiger partial charge in [0.05, 0.1) is 47.9 Å². The molecule has 0 aliphatic carbocycles. The number of non-ortho nitro benzene ring substituents is 1. The number of nitro groups is 1. The van der Waals surface area contributed by atoms with Crippen LogP contribution in [0.5, 0.6) is 0 Å². The lowest BCUT2D eigenvalue weighted by Crippen LogP contribution is -2.34. The largest absolute Gasteiger partial charge is 0.463 e. The van der Waals surface area contributed by atoms with E-state index in [4.69, 9.17) is 14.2 Å². The number of hydrogen-bond donors (Lipinski definition) is 1. The van der Waals surface area contributed by atoms with Gasteiger partial charge in [-0.05, 0) is 26.3 Å². The minimum Gasteiger partial charge on any atom is -0.463 e. The lowest BCUT2D eigenvalue weighted by atomic mass is 9.80. The van der Waals surface area contributed by atoms with Crippen molar-refractivity contribution in [3.05, 3.63) is 62.5 Å². The monoisotopic (exact) mass is 462 g/mol. The Kier molecular flexibility index (Phi) is 7.92. The van der Waals surface area contributed by atoms with Crippen LogP contribution in [0.2, 0.25) is 0 Å². The Morgan fingerprint density at radius 2 is 1.88 bits per heavy atom. The molecule has 3 rings (SSSR count). The van der Waals surface area contributed by atoms with Crippen molar-refractivity contribution < 1.29 is 28.7 Å². The number of thioether (sulfide) groups is 1. The summed E-state index contributed by atoms with van der Waals surface area (Å²) in [6.07, 6.45) is 0.217. The van der Waals surface area contributed by atoms with Gasteiger partial charge in [-0.15, -0.1) is 0 Å². The third kappa shape index (κ3) is 5.49. The van der Waals surface area contributed by atoms with Crippen molar-refractivity contribution in [1.82, 2.24) is 5.32 Å². The third-order valence-electron chi connectivity index (χ3n) is 5.00. The van der Waals surface area contributed by atoms with Gasteiger partial charge in [-0.2, -0.15) is 11.8 Å². The highest BCUT2D eigenvalue weighted by molar-refractivity contribution is 7.99. The number of ether oxygens (including phenoxy) is 3. The molecule has 2 atom stereocenters. The molecular formula is C22H26N2O7S. The Balaban J connectivity index is 2.11. The fraction of sp³-hybridized carbons (Fsp3) is 0.455. The first kappa shape index (κ1) is 23.8. The fourth-order valence-electron chi connectivity index (χ4n) is 3.55. The van der Waals surface area contributed by atoms with E-state index in [2.05, 4.69) is 5.32 Å². The molecule has 0 saturated carbocycles. The number of nitro benzene ring substituents is 1. The molecule has 172 valence electrons. The minimum atomic E-state index is -0.859. The topological polar surface area (TPSA) is 120 Å². The number of rotatable bonds is 10. The number of allylic oxidation sites excluding steroid dienone is 1. The molecule has 32 heavy (non-hydrogen) atoms. The Labute approximate surface area is 190 Å². The number of nitrogens with zero attached hydrogens (tertiary/aromatic N) is 1. The van der Waals surface area contributed by atoms with E-state index in [1.807, 2.05) is 0 Å². The summed E-state index contributed by atoms with van der Waals surface area (Å²) in [7, 11) is 0. The summed E-state index contributed by atoms with van der Waals surface area (Å²) in [5.41, 5.74) is 1.94. The van der Waals surface area contributed by atoms with E-state index in [1.165, 1.54) is 18.2 Å². The summed E-state index contributed by atoms with van der Waals surface area (Å²) in [5, 5.41) is 14.6. The van der Waals surface area contributed by atoms with Crippen molar-refractivity contribution in [3.8, 4) is 0 Å². The average molecular weight is 463 g/mol. The molecule has 0 spiro atoms. The molecule has 1 N–H and O–H groups in total. The van der Waals surface area contributed by atoms with Crippen molar-refractivity contribution >= 4 is 29.4 Å². The standard InChI is InChI=1S/C22H26N2O7S/c1-4-29-21(25)18-13(3)23-17(12-32-11-16-10-31-16)20(22(26)30-5-2)19(18)14-7-6-8-15(9-14)24(27)28/h6-9,16,19,23H,4-5,10-12H2,1-3H3. The molecule has 0 radical (unpaired) electrons. The zero-order valence-electron chi connectivity index (χ0n) is 18.2. The van der Waals surface area contributed by atoms with Gasteiger partial charge < -0.3 is 19.5 Å². The van der Waals surface area contributed by atoms with E-state index in [0.717, 1.165) is 12.4 Å². The van der Waals surface area contributed by atoms with Crippen LogP contribution in [0.15, 0.2) is 46.8 Å². The van der Waals surface area contributed by atoms with Crippen LogP contribution in [0.1, 0.15) is 32.3 Å². The van der Waals surface area contributed by atoms with Crippen molar-refractivity contribution in [2.75, 3.05) is 31.3 Å². The van der Waals surface area contributed by atoms with Gasteiger partial charge in [-0.1, -0.05) is 12.1 Å². The number of hydrogen-bond acceptors (Lipinski definition) is 9. The van der Waals surface area contributed by atoms with E-state index >= 15 is 0 Å². The van der Waals surface area contributed by atoms with Crippen LogP contribution in [0, 0.1) is 10.1 Å². The predicted molar refractivity (Wildman–Crippen MR) is 119 cm³/mol. The lowest BCUT2D eigenvalue weighted by Gasteiger charge is -2.31. The highest BCUT2D eigenvalue weighted by Crippen LogP contribution is 2.41. The third-order valence-corrected chi connectivity index (χ3v) is 6.10. The first-order chi connectivity index (χ1) is 15.4. The quantitative estimate of drug-likeness (QED) is 0.242. The molecule has 0 amide bonds. The van der Waals surface area contributed by atoms with Crippen molar-refractivity contribution in [2.45, 2.75) is 32.8 Å². The second-order valence-corrected chi connectivity index (χ2v) is 8.28. The average Bonchev–Trinajstić information content (AvgIpc) is 3.58. The number of nitrogens with one attached hydrogen (secondary N) is 1. The molecule has 0 bridgehead atoms. The summed E-state index contributed by atoms with van der Waals surface area (Å²) in [4.78, 5) is 36.9. The van der Waals surface area contributed by atoms with Gasteiger partial charge in [0.15, 0.2) is 0 Å². The Hall–Kier alpha value is -2.85. The summed E-state index contributed by atoms with van der Waals surface area (Å²) in [6.45, 7) is 6.15. The number of carbonyl (C=O) groups is 2. The molecule has 10 heteroatoms. The number of esters is 2. The zero-order chi connectivity index (χ0) is 23.3. The second-order valence-electron chi connectivity index (χ2n) is 7.25. The summed E-state index contributed by atoms with van der Waals surface area (Å²) >= 11 is 1.60. The first-order valence-corrected chi connectivity index (χ1v) is 11.5. The Morgan fingerprint density at radius 1 is 1.22 bits per heavy atom. The van der Waals surface area contributed by atoms with Crippen molar-refractivity contribution in [2.24, 2.45) is 0 Å². The fourth-order valence-corrected chi connectivity index (χ4v) is 4.55. The summed E-state index contributed by atoms with van der Waals surface area (Å²) in [5.74, 6) is -0.789. The van der Waals surface area contributed by atoms with E-state index in [9.17, 15) is 19.7 Å². The maximum atomic E-state index is 13.1. The number of epoxide rings is 1. The molecule has 2 aliphatic heterocycles. The van der Waals surface area contributed by atoms with Crippen LogP contribution in [0.25, 0.3) is 0 Å². The van der Waals surface area contributed by atoms with E-state index in [0.29, 0.717) is 22.7 Å². The molecule has 1 saturated heterocycles. The van der Waals surface area contributed by atoms with Crippen LogP contribution < -0.4 is 5.32 Å². The summed E-state index contributed by atoms with van der Waals surface area (Å²) in [6, 6.07) is 5.95. The van der Waals surface area contributed by atoms with Gasteiger partial charge in [-0.3, -0.25) is 10.1 Å². The second kappa shape index (κ2) is 10.6.